The van der Waals surface area contributed by atoms with Crippen LogP contribution in [0.25, 0.3) is 0 Å². The van der Waals surface area contributed by atoms with Crippen LogP contribution in [0, 0.1) is 5.92 Å². The van der Waals surface area contributed by atoms with Gasteiger partial charge in [-0.25, -0.2) is 0 Å². The Balaban J connectivity index is 2.01. The molecule has 0 spiro atoms. The molecule has 102 valence electrons. The van der Waals surface area contributed by atoms with Crippen molar-refractivity contribution in [3.05, 3.63) is 0 Å². The summed E-state index contributed by atoms with van der Waals surface area (Å²) in [6.45, 7) is 7.11. The fraction of sp³-hybridized carbons (Fsp3) is 1.00. The highest BCUT2D eigenvalue weighted by atomic mass is 16.5. The van der Waals surface area contributed by atoms with Gasteiger partial charge >= 0.3 is 0 Å². The Hall–Kier alpha value is -0.120. The SMILES string of the molecule is COC1CCCCC1NCCOCCC(C)C. The van der Waals surface area contributed by atoms with Crippen molar-refractivity contribution in [3.63, 3.8) is 0 Å². The van der Waals surface area contributed by atoms with Gasteiger partial charge in [0, 0.05) is 26.3 Å². The molecule has 0 aromatic heterocycles. The summed E-state index contributed by atoms with van der Waals surface area (Å²) in [4.78, 5) is 0. The standard InChI is InChI=1S/C14H29NO2/c1-12(2)8-10-17-11-9-15-13-6-4-5-7-14(13)16-3/h12-15H,4-11H2,1-3H3. The van der Waals surface area contributed by atoms with Crippen molar-refractivity contribution < 1.29 is 9.47 Å². The molecule has 1 N–H and O–H groups in total. The number of ether oxygens (including phenoxy) is 2. The first-order valence-corrected chi connectivity index (χ1v) is 7.08. The minimum Gasteiger partial charge on any atom is -0.380 e. The second kappa shape index (κ2) is 8.90. The van der Waals surface area contributed by atoms with E-state index in [-0.39, 0.29) is 0 Å². The molecule has 17 heavy (non-hydrogen) atoms. The number of nitrogens with one attached hydrogen (secondary N) is 1. The fourth-order valence-corrected chi connectivity index (χ4v) is 2.35. The Bertz CT molecular complexity index is 185. The van der Waals surface area contributed by atoms with Crippen molar-refractivity contribution in [3.8, 4) is 0 Å². The number of methoxy groups -OCH3 is 1. The highest BCUT2D eigenvalue weighted by molar-refractivity contribution is 4.81. The van der Waals surface area contributed by atoms with Gasteiger partial charge in [-0.2, -0.15) is 0 Å². The van der Waals surface area contributed by atoms with E-state index in [0.717, 1.165) is 32.1 Å². The second-order valence-electron chi connectivity index (χ2n) is 5.41. The Morgan fingerprint density at radius 3 is 2.65 bits per heavy atom. The van der Waals surface area contributed by atoms with Gasteiger partial charge in [-0.1, -0.05) is 26.7 Å². The van der Waals surface area contributed by atoms with Crippen LogP contribution in [0.3, 0.4) is 0 Å². The van der Waals surface area contributed by atoms with Gasteiger partial charge in [-0.15, -0.1) is 0 Å². The van der Waals surface area contributed by atoms with Crippen LogP contribution in [0.2, 0.25) is 0 Å². The summed E-state index contributed by atoms with van der Waals surface area (Å²) in [6.07, 6.45) is 6.63. The molecule has 0 aliphatic heterocycles. The molecule has 1 fully saturated rings. The summed E-state index contributed by atoms with van der Waals surface area (Å²) < 4.78 is 11.1. The Morgan fingerprint density at radius 2 is 1.94 bits per heavy atom. The highest BCUT2D eigenvalue weighted by Crippen LogP contribution is 2.20. The van der Waals surface area contributed by atoms with Crippen molar-refractivity contribution in [2.45, 2.75) is 58.1 Å². The number of hydrogen-bond donors (Lipinski definition) is 1. The normalized spacial score (nSPS) is 25.4. The van der Waals surface area contributed by atoms with Gasteiger partial charge in [0.15, 0.2) is 0 Å². The third-order valence-corrected chi connectivity index (χ3v) is 3.50. The molecule has 0 radical (unpaired) electrons. The van der Waals surface area contributed by atoms with Crippen molar-refractivity contribution >= 4 is 0 Å². The Morgan fingerprint density at radius 1 is 1.18 bits per heavy atom. The summed E-state index contributed by atoms with van der Waals surface area (Å²) in [5.74, 6) is 0.735. The van der Waals surface area contributed by atoms with Crippen LogP contribution in [0.15, 0.2) is 0 Å². The molecular weight excluding hydrogens is 214 g/mol. The first-order chi connectivity index (χ1) is 8.24. The molecule has 3 nitrogen and oxygen atoms in total. The smallest absolute Gasteiger partial charge is 0.0724 e. The van der Waals surface area contributed by atoms with E-state index in [9.17, 15) is 0 Å². The molecule has 0 amide bonds. The van der Waals surface area contributed by atoms with Crippen LogP contribution in [0.4, 0.5) is 0 Å². The quantitative estimate of drug-likeness (QED) is 0.665. The van der Waals surface area contributed by atoms with E-state index in [2.05, 4.69) is 19.2 Å². The van der Waals surface area contributed by atoms with Gasteiger partial charge in [0.05, 0.1) is 12.7 Å². The van der Waals surface area contributed by atoms with Crippen LogP contribution < -0.4 is 5.32 Å². The minimum absolute atomic E-state index is 0.402. The largest absolute Gasteiger partial charge is 0.380 e. The summed E-state index contributed by atoms with van der Waals surface area (Å²) in [6, 6.07) is 0.530. The third kappa shape index (κ3) is 6.39. The van der Waals surface area contributed by atoms with E-state index in [1.807, 2.05) is 7.11 Å². The average molecular weight is 243 g/mol. The van der Waals surface area contributed by atoms with E-state index in [1.54, 1.807) is 0 Å². The topological polar surface area (TPSA) is 30.5 Å². The van der Waals surface area contributed by atoms with Gasteiger partial charge in [0.2, 0.25) is 0 Å². The predicted molar refractivity (Wildman–Crippen MR) is 71.3 cm³/mol. The minimum atomic E-state index is 0.402. The van der Waals surface area contributed by atoms with Gasteiger partial charge < -0.3 is 14.8 Å². The molecule has 1 aliphatic rings. The van der Waals surface area contributed by atoms with E-state index >= 15 is 0 Å². The first-order valence-electron chi connectivity index (χ1n) is 7.08. The van der Waals surface area contributed by atoms with E-state index in [4.69, 9.17) is 9.47 Å². The molecule has 2 atom stereocenters. The van der Waals surface area contributed by atoms with Crippen LogP contribution >= 0.6 is 0 Å². The number of rotatable bonds is 8. The lowest BCUT2D eigenvalue weighted by atomic mass is 9.92. The third-order valence-electron chi connectivity index (χ3n) is 3.50. The zero-order valence-corrected chi connectivity index (χ0v) is 11.7. The summed E-state index contributed by atoms with van der Waals surface area (Å²) in [5, 5.41) is 3.56. The van der Waals surface area contributed by atoms with E-state index in [1.165, 1.54) is 25.7 Å². The monoisotopic (exact) mass is 243 g/mol. The highest BCUT2D eigenvalue weighted by Gasteiger charge is 2.23. The maximum Gasteiger partial charge on any atom is 0.0724 e. The first kappa shape index (κ1) is 14.9. The Labute approximate surface area is 106 Å². The van der Waals surface area contributed by atoms with Gasteiger partial charge in [-0.3, -0.25) is 0 Å². The van der Waals surface area contributed by atoms with Crippen molar-refractivity contribution in [1.82, 2.24) is 5.32 Å². The molecule has 3 heteroatoms. The molecular formula is C14H29NO2. The van der Waals surface area contributed by atoms with Crippen molar-refractivity contribution in [1.29, 1.82) is 0 Å². The maximum absolute atomic E-state index is 5.60. The molecule has 0 aromatic carbocycles. The maximum atomic E-state index is 5.60. The molecule has 2 unspecified atom stereocenters. The fourth-order valence-electron chi connectivity index (χ4n) is 2.35. The van der Waals surface area contributed by atoms with Crippen LogP contribution in [-0.4, -0.2) is 39.0 Å². The summed E-state index contributed by atoms with van der Waals surface area (Å²) >= 11 is 0. The molecule has 1 rings (SSSR count). The van der Waals surface area contributed by atoms with Gasteiger partial charge in [0.25, 0.3) is 0 Å². The molecule has 0 heterocycles. The molecule has 0 saturated heterocycles. The lowest BCUT2D eigenvalue weighted by Gasteiger charge is -2.31. The summed E-state index contributed by atoms with van der Waals surface area (Å²) in [7, 11) is 1.82. The van der Waals surface area contributed by atoms with Crippen LogP contribution in [0.5, 0.6) is 0 Å². The second-order valence-corrected chi connectivity index (χ2v) is 5.41. The zero-order valence-electron chi connectivity index (χ0n) is 11.7. The zero-order chi connectivity index (χ0) is 12.5. The molecule has 1 saturated carbocycles. The molecule has 1 aliphatic carbocycles. The predicted octanol–water partition coefficient (Wildman–Crippen LogP) is 2.60. The van der Waals surface area contributed by atoms with Crippen molar-refractivity contribution in [2.75, 3.05) is 26.9 Å². The lowest BCUT2D eigenvalue weighted by Crippen LogP contribution is -2.44. The van der Waals surface area contributed by atoms with E-state index in [0.29, 0.717) is 12.1 Å². The van der Waals surface area contributed by atoms with Crippen LogP contribution in [0.1, 0.15) is 46.0 Å². The van der Waals surface area contributed by atoms with Gasteiger partial charge in [0.1, 0.15) is 0 Å². The molecule has 0 aromatic rings. The Kier molecular flexibility index (Phi) is 7.82. The average Bonchev–Trinajstić information content (AvgIpc) is 2.33. The molecule has 0 bridgehead atoms. The summed E-state index contributed by atoms with van der Waals surface area (Å²) in [5.41, 5.74) is 0. The number of hydrogen-bond acceptors (Lipinski definition) is 3. The van der Waals surface area contributed by atoms with Crippen molar-refractivity contribution in [2.24, 2.45) is 5.92 Å². The van der Waals surface area contributed by atoms with Crippen LogP contribution in [-0.2, 0) is 9.47 Å². The lowest BCUT2D eigenvalue weighted by molar-refractivity contribution is 0.0374. The van der Waals surface area contributed by atoms with Gasteiger partial charge in [-0.05, 0) is 25.2 Å². The van der Waals surface area contributed by atoms with E-state index < -0.39 is 0 Å².